The lowest BCUT2D eigenvalue weighted by atomic mass is 10.1. The number of nitrogens with zero attached hydrogens (tertiary/aromatic N) is 2. The molecule has 1 saturated carbocycles. The van der Waals surface area contributed by atoms with Crippen LogP contribution in [0.4, 0.5) is 5.82 Å². The highest BCUT2D eigenvalue weighted by Crippen LogP contribution is 2.28. The van der Waals surface area contributed by atoms with E-state index in [0.717, 1.165) is 55.9 Å². The number of anilines is 1. The smallest absolute Gasteiger partial charge is 0.222 e. The third kappa shape index (κ3) is 3.82. The fraction of sp³-hybridized carbons (Fsp3) is 0.733. The van der Waals surface area contributed by atoms with Crippen molar-refractivity contribution in [1.82, 2.24) is 9.97 Å². The summed E-state index contributed by atoms with van der Waals surface area (Å²) in [6.45, 7) is 5.27. The second-order valence-electron chi connectivity index (χ2n) is 5.21. The maximum Gasteiger partial charge on any atom is 0.222 e. The molecule has 0 aliphatic heterocycles. The highest BCUT2D eigenvalue weighted by Gasteiger charge is 2.20. The van der Waals surface area contributed by atoms with Crippen molar-refractivity contribution in [3.63, 3.8) is 0 Å². The molecule has 1 aromatic heterocycles. The number of rotatable bonds is 7. The van der Waals surface area contributed by atoms with Gasteiger partial charge in [-0.05, 0) is 38.5 Å². The molecular formula is C15H25N3O. The van der Waals surface area contributed by atoms with Crippen molar-refractivity contribution >= 4 is 5.82 Å². The molecule has 0 aromatic carbocycles. The van der Waals surface area contributed by atoms with Gasteiger partial charge in [0.25, 0.3) is 0 Å². The van der Waals surface area contributed by atoms with Crippen molar-refractivity contribution in [2.24, 2.45) is 0 Å². The molecule has 0 radical (unpaired) electrons. The van der Waals surface area contributed by atoms with E-state index in [1.807, 2.05) is 0 Å². The third-order valence-electron chi connectivity index (χ3n) is 3.53. The molecule has 0 saturated heterocycles. The average molecular weight is 263 g/mol. The predicted molar refractivity (Wildman–Crippen MR) is 77.7 cm³/mol. The van der Waals surface area contributed by atoms with E-state index >= 15 is 0 Å². The van der Waals surface area contributed by atoms with Crippen LogP contribution in [-0.4, -0.2) is 22.6 Å². The van der Waals surface area contributed by atoms with Gasteiger partial charge in [-0.15, -0.1) is 0 Å². The molecule has 1 aliphatic rings. The van der Waals surface area contributed by atoms with Crippen molar-refractivity contribution in [2.75, 3.05) is 11.9 Å². The van der Waals surface area contributed by atoms with Gasteiger partial charge in [0.2, 0.25) is 5.88 Å². The fourth-order valence-corrected chi connectivity index (χ4v) is 2.53. The van der Waals surface area contributed by atoms with Crippen molar-refractivity contribution in [3.8, 4) is 5.88 Å². The van der Waals surface area contributed by atoms with Gasteiger partial charge in [0.1, 0.15) is 18.2 Å². The van der Waals surface area contributed by atoms with Crippen LogP contribution in [-0.2, 0) is 6.42 Å². The van der Waals surface area contributed by atoms with Gasteiger partial charge < -0.3 is 10.1 Å². The first-order valence-corrected chi connectivity index (χ1v) is 7.59. The normalized spacial score (nSPS) is 15.7. The molecule has 0 bridgehead atoms. The van der Waals surface area contributed by atoms with Gasteiger partial charge in [-0.1, -0.05) is 20.3 Å². The molecule has 0 atom stereocenters. The van der Waals surface area contributed by atoms with E-state index in [4.69, 9.17) is 4.74 Å². The highest BCUT2D eigenvalue weighted by atomic mass is 16.5. The quantitative estimate of drug-likeness (QED) is 0.817. The van der Waals surface area contributed by atoms with Crippen LogP contribution < -0.4 is 10.1 Å². The minimum Gasteiger partial charge on any atom is -0.474 e. The lowest BCUT2D eigenvalue weighted by molar-refractivity contribution is 0.199. The van der Waals surface area contributed by atoms with Crippen LogP contribution in [0.15, 0.2) is 6.33 Å². The highest BCUT2D eigenvalue weighted by molar-refractivity contribution is 5.48. The van der Waals surface area contributed by atoms with E-state index in [1.165, 1.54) is 12.8 Å². The minimum atomic E-state index is 0.351. The van der Waals surface area contributed by atoms with Crippen LogP contribution in [0.2, 0.25) is 0 Å². The van der Waals surface area contributed by atoms with E-state index in [9.17, 15) is 0 Å². The summed E-state index contributed by atoms with van der Waals surface area (Å²) in [5, 5.41) is 3.38. The maximum absolute atomic E-state index is 6.09. The number of hydrogen-bond acceptors (Lipinski definition) is 4. The van der Waals surface area contributed by atoms with Crippen molar-refractivity contribution in [2.45, 2.75) is 64.9 Å². The number of aromatic nitrogens is 2. The summed E-state index contributed by atoms with van der Waals surface area (Å²) in [4.78, 5) is 8.72. The first kappa shape index (κ1) is 14.1. The summed E-state index contributed by atoms with van der Waals surface area (Å²) < 4.78 is 6.09. The minimum absolute atomic E-state index is 0.351. The molecule has 2 rings (SSSR count). The van der Waals surface area contributed by atoms with Gasteiger partial charge in [-0.3, -0.25) is 0 Å². The summed E-state index contributed by atoms with van der Waals surface area (Å²) in [5.41, 5.74) is 1.14. The van der Waals surface area contributed by atoms with E-state index < -0.39 is 0 Å². The number of hydrogen-bond donors (Lipinski definition) is 1. The predicted octanol–water partition coefficient (Wildman–Crippen LogP) is 3.57. The second-order valence-corrected chi connectivity index (χ2v) is 5.21. The fourth-order valence-electron chi connectivity index (χ4n) is 2.53. The zero-order chi connectivity index (χ0) is 13.5. The second kappa shape index (κ2) is 7.31. The standard InChI is InChI=1S/C15H25N3O/c1-3-7-13-14(16-10-4-2)17-11-18-15(13)19-12-8-5-6-9-12/h11-12H,3-10H2,1-2H3,(H,16,17,18). The van der Waals surface area contributed by atoms with Gasteiger partial charge >= 0.3 is 0 Å². The van der Waals surface area contributed by atoms with Crippen molar-refractivity contribution in [3.05, 3.63) is 11.9 Å². The molecule has 1 fully saturated rings. The van der Waals surface area contributed by atoms with Crippen LogP contribution in [0.1, 0.15) is 57.9 Å². The van der Waals surface area contributed by atoms with Crippen molar-refractivity contribution in [1.29, 1.82) is 0 Å². The lowest BCUT2D eigenvalue weighted by Crippen LogP contribution is -2.15. The van der Waals surface area contributed by atoms with Gasteiger partial charge in [-0.2, -0.15) is 0 Å². The van der Waals surface area contributed by atoms with Crippen LogP contribution in [0.25, 0.3) is 0 Å². The molecule has 1 N–H and O–H groups in total. The molecule has 0 spiro atoms. The molecule has 0 amide bonds. The molecule has 1 aromatic rings. The SMILES string of the molecule is CCCNc1ncnc(OC2CCCC2)c1CCC. The molecule has 106 valence electrons. The topological polar surface area (TPSA) is 47.0 Å². The Bertz CT molecular complexity index is 389. The molecular weight excluding hydrogens is 238 g/mol. The largest absolute Gasteiger partial charge is 0.474 e. The van der Waals surface area contributed by atoms with Gasteiger partial charge in [0.15, 0.2) is 0 Å². The van der Waals surface area contributed by atoms with Crippen LogP contribution >= 0.6 is 0 Å². The van der Waals surface area contributed by atoms with Crippen LogP contribution in [0.3, 0.4) is 0 Å². The molecule has 1 aliphatic carbocycles. The Morgan fingerprint density at radius 1 is 1.21 bits per heavy atom. The van der Waals surface area contributed by atoms with Gasteiger partial charge in [0.05, 0.1) is 5.56 Å². The van der Waals surface area contributed by atoms with E-state index in [1.54, 1.807) is 6.33 Å². The van der Waals surface area contributed by atoms with Crippen molar-refractivity contribution < 1.29 is 4.74 Å². The van der Waals surface area contributed by atoms with E-state index in [-0.39, 0.29) is 0 Å². The Balaban J connectivity index is 2.14. The number of ether oxygens (including phenoxy) is 1. The first-order valence-electron chi connectivity index (χ1n) is 7.59. The zero-order valence-corrected chi connectivity index (χ0v) is 12.1. The average Bonchev–Trinajstić information content (AvgIpc) is 2.92. The first-order chi connectivity index (χ1) is 9.35. The summed E-state index contributed by atoms with van der Waals surface area (Å²) in [5.74, 6) is 1.74. The summed E-state index contributed by atoms with van der Waals surface area (Å²) in [6, 6.07) is 0. The van der Waals surface area contributed by atoms with E-state index in [0.29, 0.717) is 6.10 Å². The third-order valence-corrected chi connectivity index (χ3v) is 3.53. The molecule has 4 heteroatoms. The molecule has 4 nitrogen and oxygen atoms in total. The molecule has 0 unspecified atom stereocenters. The summed E-state index contributed by atoms with van der Waals surface area (Å²) >= 11 is 0. The Hall–Kier alpha value is -1.32. The summed E-state index contributed by atoms with van der Waals surface area (Å²) in [7, 11) is 0. The monoisotopic (exact) mass is 263 g/mol. The molecule has 19 heavy (non-hydrogen) atoms. The summed E-state index contributed by atoms with van der Waals surface area (Å²) in [6.07, 6.45) is 9.98. The Kier molecular flexibility index (Phi) is 5.43. The molecule has 1 heterocycles. The Labute approximate surface area is 116 Å². The van der Waals surface area contributed by atoms with Crippen LogP contribution in [0.5, 0.6) is 5.88 Å². The van der Waals surface area contributed by atoms with Gasteiger partial charge in [-0.25, -0.2) is 9.97 Å². The van der Waals surface area contributed by atoms with Gasteiger partial charge in [0, 0.05) is 6.54 Å². The zero-order valence-electron chi connectivity index (χ0n) is 12.1. The number of nitrogens with one attached hydrogen (secondary N) is 1. The lowest BCUT2D eigenvalue weighted by Gasteiger charge is -2.17. The maximum atomic E-state index is 6.09. The van der Waals surface area contributed by atoms with Crippen LogP contribution in [0, 0.1) is 0 Å². The Morgan fingerprint density at radius 2 is 2.00 bits per heavy atom. The Morgan fingerprint density at radius 3 is 2.68 bits per heavy atom. The van der Waals surface area contributed by atoms with E-state index in [2.05, 4.69) is 29.1 Å².